The maximum Gasteiger partial charge on any atom is 0.451 e. The molecule has 0 radical (unpaired) electrons. The first-order valence-electron chi connectivity index (χ1n) is 5.58. The predicted molar refractivity (Wildman–Crippen MR) is 61.6 cm³/mol. The van der Waals surface area contributed by atoms with Crippen LogP contribution in [-0.4, -0.2) is 21.6 Å². The normalized spacial score (nSPS) is 11.8. The molecule has 9 heteroatoms. The van der Waals surface area contributed by atoms with Gasteiger partial charge in [0.15, 0.2) is 5.75 Å². The van der Waals surface area contributed by atoms with E-state index in [2.05, 4.69) is 19.7 Å². The van der Waals surface area contributed by atoms with Crippen LogP contribution in [0.25, 0.3) is 11.1 Å². The standard InChI is InChI=1S/C12H8F5N3O/c1-6-2-8(9(5-18-6)21-11(13)14)7-3-19-10(20-4-7)12(15,16)17/h2-5,11H,1H3. The van der Waals surface area contributed by atoms with E-state index in [1.165, 1.54) is 6.07 Å². The Balaban J connectivity index is 2.43. The van der Waals surface area contributed by atoms with Gasteiger partial charge >= 0.3 is 12.8 Å². The number of aryl methyl sites for hydroxylation is 1. The van der Waals surface area contributed by atoms with E-state index < -0.39 is 18.6 Å². The molecule has 0 unspecified atom stereocenters. The van der Waals surface area contributed by atoms with Crippen LogP contribution >= 0.6 is 0 Å². The molecule has 0 spiro atoms. The van der Waals surface area contributed by atoms with Gasteiger partial charge in [0.25, 0.3) is 0 Å². The van der Waals surface area contributed by atoms with Crippen molar-refractivity contribution in [1.29, 1.82) is 0 Å². The number of ether oxygens (including phenoxy) is 1. The van der Waals surface area contributed by atoms with Crippen molar-refractivity contribution >= 4 is 0 Å². The van der Waals surface area contributed by atoms with Gasteiger partial charge in [0, 0.05) is 29.2 Å². The third-order valence-electron chi connectivity index (χ3n) is 2.44. The van der Waals surface area contributed by atoms with Crippen LogP contribution in [0, 0.1) is 6.92 Å². The quantitative estimate of drug-likeness (QED) is 0.815. The maximum atomic E-state index is 12.4. The van der Waals surface area contributed by atoms with Crippen molar-refractivity contribution in [1.82, 2.24) is 15.0 Å². The average Bonchev–Trinajstić information content (AvgIpc) is 2.39. The van der Waals surface area contributed by atoms with E-state index >= 15 is 0 Å². The molecule has 0 aliphatic heterocycles. The Kier molecular flexibility index (Phi) is 4.01. The van der Waals surface area contributed by atoms with Crippen molar-refractivity contribution in [3.8, 4) is 16.9 Å². The first kappa shape index (κ1) is 15.1. The van der Waals surface area contributed by atoms with Crippen molar-refractivity contribution in [3.63, 3.8) is 0 Å². The number of alkyl halides is 5. The van der Waals surface area contributed by atoms with Crippen LogP contribution < -0.4 is 4.74 Å². The minimum absolute atomic E-state index is 0.115. The summed E-state index contributed by atoms with van der Waals surface area (Å²) in [5, 5.41) is 0. The molecule has 2 rings (SSSR count). The molecular weight excluding hydrogens is 297 g/mol. The molecule has 0 N–H and O–H groups in total. The first-order valence-corrected chi connectivity index (χ1v) is 5.58. The lowest BCUT2D eigenvalue weighted by Gasteiger charge is -2.11. The Morgan fingerprint density at radius 1 is 1.05 bits per heavy atom. The average molecular weight is 305 g/mol. The van der Waals surface area contributed by atoms with E-state index in [1.807, 2.05) is 0 Å². The molecule has 2 aromatic rings. The molecule has 0 aromatic carbocycles. The maximum absolute atomic E-state index is 12.4. The SMILES string of the molecule is Cc1cc(-c2cnc(C(F)(F)F)nc2)c(OC(F)F)cn1. The number of pyridine rings is 1. The number of aromatic nitrogens is 3. The summed E-state index contributed by atoms with van der Waals surface area (Å²) in [6.45, 7) is -1.48. The van der Waals surface area contributed by atoms with Crippen LogP contribution in [0.3, 0.4) is 0 Å². The third-order valence-corrected chi connectivity index (χ3v) is 2.44. The van der Waals surface area contributed by atoms with Gasteiger partial charge in [-0.25, -0.2) is 9.97 Å². The highest BCUT2D eigenvalue weighted by molar-refractivity contribution is 5.68. The number of rotatable bonds is 3. The fourth-order valence-electron chi connectivity index (χ4n) is 1.58. The van der Waals surface area contributed by atoms with Crippen LogP contribution in [0.15, 0.2) is 24.7 Å². The summed E-state index contributed by atoms with van der Waals surface area (Å²) in [6.07, 6.45) is -1.82. The lowest BCUT2D eigenvalue weighted by molar-refractivity contribution is -0.144. The van der Waals surface area contributed by atoms with Gasteiger partial charge in [-0.15, -0.1) is 0 Å². The second-order valence-corrected chi connectivity index (χ2v) is 3.99. The van der Waals surface area contributed by atoms with E-state index in [0.29, 0.717) is 5.69 Å². The zero-order valence-electron chi connectivity index (χ0n) is 10.5. The Morgan fingerprint density at radius 2 is 1.67 bits per heavy atom. The lowest BCUT2D eigenvalue weighted by atomic mass is 10.1. The summed E-state index contributed by atoms with van der Waals surface area (Å²) < 4.78 is 66.0. The molecule has 0 fully saturated rings. The minimum atomic E-state index is -4.67. The minimum Gasteiger partial charge on any atom is -0.433 e. The van der Waals surface area contributed by atoms with Crippen LogP contribution in [0.5, 0.6) is 5.75 Å². The van der Waals surface area contributed by atoms with Crippen molar-refractivity contribution < 1.29 is 26.7 Å². The van der Waals surface area contributed by atoms with Crippen LogP contribution in [0.4, 0.5) is 22.0 Å². The molecule has 4 nitrogen and oxygen atoms in total. The van der Waals surface area contributed by atoms with Crippen LogP contribution in [0.2, 0.25) is 0 Å². The molecule has 0 saturated carbocycles. The first-order chi connectivity index (χ1) is 9.77. The second kappa shape index (κ2) is 5.58. The topological polar surface area (TPSA) is 47.9 Å². The highest BCUT2D eigenvalue weighted by Gasteiger charge is 2.34. The van der Waals surface area contributed by atoms with Gasteiger partial charge in [-0.3, -0.25) is 4.98 Å². The zero-order chi connectivity index (χ0) is 15.6. The van der Waals surface area contributed by atoms with E-state index in [-0.39, 0.29) is 16.9 Å². The van der Waals surface area contributed by atoms with E-state index in [9.17, 15) is 22.0 Å². The van der Waals surface area contributed by atoms with Crippen LogP contribution in [-0.2, 0) is 6.18 Å². The Morgan fingerprint density at radius 3 is 2.19 bits per heavy atom. The van der Waals surface area contributed by atoms with Gasteiger partial charge in [0.1, 0.15) is 0 Å². The highest BCUT2D eigenvalue weighted by atomic mass is 19.4. The molecule has 0 atom stereocenters. The monoisotopic (exact) mass is 305 g/mol. The Hall–Kier alpha value is -2.32. The molecule has 0 bridgehead atoms. The predicted octanol–water partition coefficient (Wildman–Crippen LogP) is 3.47. The van der Waals surface area contributed by atoms with Crippen molar-refractivity contribution in [3.05, 3.63) is 36.2 Å². The fraction of sp³-hybridized carbons (Fsp3) is 0.250. The molecule has 0 aliphatic carbocycles. The third kappa shape index (κ3) is 3.61. The summed E-state index contributed by atoms with van der Waals surface area (Å²) >= 11 is 0. The Labute approximate surface area is 115 Å². The lowest BCUT2D eigenvalue weighted by Crippen LogP contribution is -2.10. The summed E-state index contributed by atoms with van der Waals surface area (Å²) in [5.74, 6) is -1.58. The number of nitrogens with zero attached hydrogens (tertiary/aromatic N) is 3. The van der Waals surface area contributed by atoms with Gasteiger partial charge in [0.2, 0.25) is 5.82 Å². The second-order valence-electron chi connectivity index (χ2n) is 3.99. The molecule has 0 amide bonds. The largest absolute Gasteiger partial charge is 0.451 e. The molecule has 0 saturated heterocycles. The van der Waals surface area contributed by atoms with Gasteiger partial charge in [-0.1, -0.05) is 0 Å². The van der Waals surface area contributed by atoms with Gasteiger partial charge < -0.3 is 4.74 Å². The summed E-state index contributed by atoms with van der Waals surface area (Å²) in [7, 11) is 0. The molecule has 2 aromatic heterocycles. The summed E-state index contributed by atoms with van der Waals surface area (Å²) in [5.41, 5.74) is 0.729. The van der Waals surface area contributed by atoms with Gasteiger partial charge in [0.05, 0.1) is 6.20 Å². The van der Waals surface area contributed by atoms with E-state index in [1.54, 1.807) is 6.92 Å². The summed E-state index contributed by atoms with van der Waals surface area (Å²) in [4.78, 5) is 10.1. The number of halogens is 5. The summed E-state index contributed by atoms with van der Waals surface area (Å²) in [6, 6.07) is 1.39. The Bertz CT molecular complexity index is 628. The van der Waals surface area contributed by atoms with Gasteiger partial charge in [-0.05, 0) is 13.0 Å². The van der Waals surface area contributed by atoms with E-state index in [0.717, 1.165) is 18.6 Å². The van der Waals surface area contributed by atoms with Crippen LogP contribution in [0.1, 0.15) is 11.5 Å². The fourth-order valence-corrected chi connectivity index (χ4v) is 1.58. The van der Waals surface area contributed by atoms with E-state index in [4.69, 9.17) is 0 Å². The number of hydrogen-bond donors (Lipinski definition) is 0. The van der Waals surface area contributed by atoms with Crippen molar-refractivity contribution in [2.45, 2.75) is 19.7 Å². The molecular formula is C12H8F5N3O. The molecule has 2 heterocycles. The van der Waals surface area contributed by atoms with Crippen molar-refractivity contribution in [2.24, 2.45) is 0 Å². The molecule has 0 aliphatic rings. The number of hydrogen-bond acceptors (Lipinski definition) is 4. The van der Waals surface area contributed by atoms with Crippen molar-refractivity contribution in [2.75, 3.05) is 0 Å². The zero-order valence-corrected chi connectivity index (χ0v) is 10.5. The molecule has 112 valence electrons. The van der Waals surface area contributed by atoms with Gasteiger partial charge in [-0.2, -0.15) is 22.0 Å². The molecule has 21 heavy (non-hydrogen) atoms. The smallest absolute Gasteiger partial charge is 0.433 e. The highest BCUT2D eigenvalue weighted by Crippen LogP contribution is 2.32.